The van der Waals surface area contributed by atoms with Crippen LogP contribution in [0.1, 0.15) is 10.6 Å². The van der Waals surface area contributed by atoms with E-state index in [-0.39, 0.29) is 22.1 Å². The van der Waals surface area contributed by atoms with Gasteiger partial charge in [0.05, 0.1) is 18.3 Å². The summed E-state index contributed by atoms with van der Waals surface area (Å²) < 4.78 is 3.83. The highest BCUT2D eigenvalue weighted by atomic mass is 79.9. The molecular formula is C12H16BrN3OS2. The number of aromatic nitrogens is 3. The molecule has 0 aliphatic heterocycles. The Labute approximate surface area is 131 Å². The highest BCUT2D eigenvalue weighted by molar-refractivity contribution is 8.13. The van der Waals surface area contributed by atoms with Gasteiger partial charge in [-0.05, 0) is 13.3 Å². The average Bonchev–Trinajstić information content (AvgIpc) is 2.89. The molecule has 2 aromatic heterocycles. The first-order valence-electron chi connectivity index (χ1n) is 5.71. The third kappa shape index (κ3) is 5.08. The summed E-state index contributed by atoms with van der Waals surface area (Å²) in [6, 6.07) is 0. The molecule has 0 aliphatic rings. The van der Waals surface area contributed by atoms with Crippen molar-refractivity contribution in [3.63, 3.8) is 0 Å². The number of thioether (sulfide) groups is 1. The van der Waals surface area contributed by atoms with E-state index in [1.807, 2.05) is 47.3 Å². The van der Waals surface area contributed by atoms with Crippen molar-refractivity contribution in [2.24, 2.45) is 7.05 Å². The van der Waals surface area contributed by atoms with Gasteiger partial charge in [-0.1, -0.05) is 11.8 Å². The summed E-state index contributed by atoms with van der Waals surface area (Å²) in [6.07, 6.45) is 6.67. The lowest BCUT2D eigenvalue weighted by Crippen LogP contribution is -3.00. The van der Waals surface area contributed by atoms with Crippen LogP contribution in [0.3, 0.4) is 0 Å². The third-order valence-corrected chi connectivity index (χ3v) is 4.43. The molecule has 0 spiro atoms. The van der Waals surface area contributed by atoms with Crippen LogP contribution in [0.4, 0.5) is 0 Å². The Bertz CT molecular complexity index is 539. The predicted octanol–water partition coefficient (Wildman–Crippen LogP) is -1.42. The summed E-state index contributed by atoms with van der Waals surface area (Å²) in [7, 11) is 1.95. The quantitative estimate of drug-likeness (QED) is 0.614. The summed E-state index contributed by atoms with van der Waals surface area (Å²) in [5.41, 5.74) is 2.95. The van der Waals surface area contributed by atoms with Gasteiger partial charge in [-0.3, -0.25) is 4.79 Å². The molecule has 19 heavy (non-hydrogen) atoms. The maximum Gasteiger partial charge on any atom is 0.243 e. The van der Waals surface area contributed by atoms with Crippen molar-refractivity contribution in [1.82, 2.24) is 9.55 Å². The Balaban J connectivity index is 0.00000180. The van der Waals surface area contributed by atoms with Crippen molar-refractivity contribution in [1.29, 1.82) is 0 Å². The molecule has 4 nitrogen and oxygen atoms in total. The van der Waals surface area contributed by atoms with Gasteiger partial charge in [0.25, 0.3) is 0 Å². The van der Waals surface area contributed by atoms with E-state index < -0.39 is 0 Å². The summed E-state index contributed by atoms with van der Waals surface area (Å²) in [6.45, 7) is 2.45. The minimum Gasteiger partial charge on any atom is -1.00 e. The van der Waals surface area contributed by atoms with Gasteiger partial charge in [-0.25, -0.2) is 14.1 Å². The van der Waals surface area contributed by atoms with Crippen LogP contribution in [-0.2, 0) is 24.8 Å². The number of hydrogen-bond donors (Lipinski definition) is 0. The first-order valence-corrected chi connectivity index (χ1v) is 7.57. The van der Waals surface area contributed by atoms with Crippen molar-refractivity contribution in [2.75, 3.05) is 5.75 Å². The molecule has 0 atom stereocenters. The number of hydrogen-bond acceptors (Lipinski definition) is 4. The topological polar surface area (TPSA) is 38.8 Å². The number of halogens is 1. The Morgan fingerprint density at radius 2 is 2.37 bits per heavy atom. The van der Waals surface area contributed by atoms with Crippen LogP contribution in [0.25, 0.3) is 0 Å². The van der Waals surface area contributed by atoms with E-state index in [2.05, 4.69) is 4.98 Å². The lowest BCUT2D eigenvalue weighted by molar-refractivity contribution is -0.671. The molecule has 0 amide bonds. The van der Waals surface area contributed by atoms with Crippen LogP contribution >= 0.6 is 23.1 Å². The lowest BCUT2D eigenvalue weighted by atomic mass is 10.3. The molecule has 0 aromatic carbocycles. The Hall–Kier alpha value is -0.660. The second-order valence-corrected chi connectivity index (χ2v) is 6.17. The van der Waals surface area contributed by atoms with Gasteiger partial charge in [0.15, 0.2) is 6.54 Å². The number of rotatable bonds is 5. The fourth-order valence-corrected chi connectivity index (χ4v) is 3.30. The second-order valence-electron chi connectivity index (χ2n) is 4.08. The maximum atomic E-state index is 11.8. The van der Waals surface area contributed by atoms with Gasteiger partial charge in [0, 0.05) is 10.6 Å². The summed E-state index contributed by atoms with van der Waals surface area (Å²) in [5.74, 6) is 0.829. The van der Waals surface area contributed by atoms with E-state index in [0.29, 0.717) is 6.54 Å². The van der Waals surface area contributed by atoms with Gasteiger partial charge >= 0.3 is 0 Å². The number of aryl methyl sites for hydroxylation is 3. The van der Waals surface area contributed by atoms with Crippen molar-refractivity contribution in [3.05, 3.63) is 34.8 Å². The predicted molar refractivity (Wildman–Crippen MR) is 73.6 cm³/mol. The molecule has 7 heteroatoms. The van der Waals surface area contributed by atoms with E-state index in [1.54, 1.807) is 11.3 Å². The molecule has 2 heterocycles. The molecule has 0 bridgehead atoms. The molecule has 0 radical (unpaired) electrons. The van der Waals surface area contributed by atoms with Crippen LogP contribution in [0.5, 0.6) is 0 Å². The van der Waals surface area contributed by atoms with Gasteiger partial charge in [-0.2, -0.15) is 0 Å². The van der Waals surface area contributed by atoms with Crippen LogP contribution in [0.2, 0.25) is 0 Å². The van der Waals surface area contributed by atoms with E-state index in [4.69, 9.17) is 0 Å². The smallest absolute Gasteiger partial charge is 0.243 e. The number of thiazole rings is 1. The second kappa shape index (κ2) is 7.81. The number of nitrogens with zero attached hydrogens (tertiary/aromatic N) is 3. The highest BCUT2D eigenvalue weighted by Gasteiger charge is 2.09. The zero-order valence-electron chi connectivity index (χ0n) is 10.9. The minimum absolute atomic E-state index is 0. The van der Waals surface area contributed by atoms with Crippen LogP contribution in [-0.4, -0.2) is 20.4 Å². The first-order chi connectivity index (χ1) is 8.65. The molecule has 104 valence electrons. The molecule has 0 unspecified atom stereocenters. The molecule has 0 fully saturated rings. The van der Waals surface area contributed by atoms with Gasteiger partial charge in [-0.15, -0.1) is 11.3 Å². The number of imidazole rings is 1. The van der Waals surface area contributed by atoms with Crippen LogP contribution in [0, 0.1) is 6.92 Å². The SMILES string of the molecule is Cc1ncsc1CCSC(=O)Cn1cc[n+](C)c1.[Br-]. The van der Waals surface area contributed by atoms with E-state index >= 15 is 0 Å². The largest absolute Gasteiger partial charge is 1.00 e. The standard InChI is InChI=1S/C12H16N3OS2.BrH/c1-10-11(18-8-13-10)3-6-17-12(16)7-15-5-4-14(2)9-15;/h4-5,8-9H,3,6-7H2,1-2H3;1H/q+1;/p-1. The maximum absolute atomic E-state index is 11.8. The third-order valence-electron chi connectivity index (χ3n) is 2.57. The van der Waals surface area contributed by atoms with Crippen molar-refractivity contribution in [3.8, 4) is 0 Å². The van der Waals surface area contributed by atoms with Crippen LogP contribution in [0.15, 0.2) is 24.2 Å². The molecule has 2 rings (SSSR count). The van der Waals surface area contributed by atoms with E-state index in [1.165, 1.54) is 16.6 Å². The fourth-order valence-electron chi connectivity index (χ4n) is 1.61. The molecule has 0 N–H and O–H groups in total. The van der Waals surface area contributed by atoms with Crippen LogP contribution < -0.4 is 21.5 Å². The number of carbonyl (C=O) groups excluding carboxylic acids is 1. The van der Waals surface area contributed by atoms with Crippen molar-refractivity contribution < 1.29 is 26.3 Å². The Kier molecular flexibility index (Phi) is 6.74. The Morgan fingerprint density at radius 3 is 2.95 bits per heavy atom. The van der Waals surface area contributed by atoms with E-state index in [0.717, 1.165) is 17.9 Å². The molecule has 2 aromatic rings. The summed E-state index contributed by atoms with van der Waals surface area (Å²) >= 11 is 3.06. The molecular weight excluding hydrogens is 346 g/mol. The van der Waals surface area contributed by atoms with Gasteiger partial charge in [0.1, 0.15) is 12.4 Å². The molecule has 0 saturated carbocycles. The zero-order chi connectivity index (χ0) is 13.0. The highest BCUT2D eigenvalue weighted by Crippen LogP contribution is 2.16. The summed E-state index contributed by atoms with van der Waals surface area (Å²) in [5, 5.41) is 0.202. The molecule has 0 saturated heterocycles. The Morgan fingerprint density at radius 1 is 1.58 bits per heavy atom. The average molecular weight is 362 g/mol. The van der Waals surface area contributed by atoms with E-state index in [9.17, 15) is 4.79 Å². The summed E-state index contributed by atoms with van der Waals surface area (Å²) in [4.78, 5) is 17.2. The normalized spacial score (nSPS) is 10.2. The lowest BCUT2D eigenvalue weighted by Gasteiger charge is -1.98. The first kappa shape index (κ1) is 16.4. The van der Waals surface area contributed by atoms with Gasteiger partial charge in [0.2, 0.25) is 11.4 Å². The molecule has 0 aliphatic carbocycles. The van der Waals surface area contributed by atoms with Crippen molar-refractivity contribution in [2.45, 2.75) is 19.9 Å². The van der Waals surface area contributed by atoms with Gasteiger partial charge < -0.3 is 17.0 Å². The monoisotopic (exact) mass is 361 g/mol. The van der Waals surface area contributed by atoms with Crippen molar-refractivity contribution >= 4 is 28.2 Å². The fraction of sp³-hybridized carbons (Fsp3) is 0.417. The number of carbonyl (C=O) groups is 1. The zero-order valence-corrected chi connectivity index (χ0v) is 14.1. The minimum atomic E-state index is 0.